The summed E-state index contributed by atoms with van der Waals surface area (Å²) >= 11 is 11.9. The summed E-state index contributed by atoms with van der Waals surface area (Å²) in [5.41, 5.74) is -0.598. The number of hydrogen-bond acceptors (Lipinski definition) is 4. The highest BCUT2D eigenvalue weighted by molar-refractivity contribution is 6.42. The maximum atomic E-state index is 11.6. The van der Waals surface area contributed by atoms with Crippen molar-refractivity contribution in [3.63, 3.8) is 0 Å². The minimum Gasteiger partial charge on any atom is -0.481 e. The molecule has 23 heavy (non-hydrogen) atoms. The molecule has 5 nitrogen and oxygen atoms in total. The van der Waals surface area contributed by atoms with Crippen LogP contribution in [0, 0.1) is 11.3 Å². The van der Waals surface area contributed by atoms with E-state index in [-0.39, 0.29) is 37.3 Å². The third kappa shape index (κ3) is 5.42. The Bertz CT molecular complexity index is 627. The number of esters is 1. The molecule has 0 fully saturated rings. The van der Waals surface area contributed by atoms with E-state index in [4.69, 9.17) is 33.0 Å². The lowest BCUT2D eigenvalue weighted by Crippen LogP contribution is -2.27. The predicted octanol–water partition coefficient (Wildman–Crippen LogP) is 3.96. The number of halogens is 2. The molecule has 1 N–H and O–H groups in total. The van der Waals surface area contributed by atoms with Gasteiger partial charge in [0.2, 0.25) is 0 Å². The van der Waals surface area contributed by atoms with E-state index in [1.165, 1.54) is 0 Å². The number of ether oxygens (including phenoxy) is 1. The Morgan fingerprint density at radius 2 is 1.91 bits per heavy atom. The highest BCUT2D eigenvalue weighted by Gasteiger charge is 2.34. The fraction of sp³-hybridized carbons (Fsp3) is 0.438. The Balaban J connectivity index is 3.12. The molecule has 0 spiro atoms. The van der Waals surface area contributed by atoms with Gasteiger partial charge in [-0.3, -0.25) is 9.59 Å². The molecule has 0 amide bonds. The minimum atomic E-state index is -1.14. The molecule has 0 radical (unpaired) electrons. The van der Waals surface area contributed by atoms with Crippen LogP contribution >= 0.6 is 23.2 Å². The van der Waals surface area contributed by atoms with E-state index in [0.29, 0.717) is 10.6 Å². The Morgan fingerprint density at radius 1 is 1.26 bits per heavy atom. The normalized spacial score (nSPS) is 13.0. The number of benzene rings is 1. The summed E-state index contributed by atoms with van der Waals surface area (Å²) in [6.45, 7) is 1.94. The molecule has 0 bridgehead atoms. The van der Waals surface area contributed by atoms with Gasteiger partial charge in [0.05, 0.1) is 28.1 Å². The summed E-state index contributed by atoms with van der Waals surface area (Å²) in [5.74, 6) is -1.44. The number of rotatable bonds is 8. The van der Waals surface area contributed by atoms with Crippen LogP contribution in [0.2, 0.25) is 10.0 Å². The molecular weight excluding hydrogens is 341 g/mol. The molecule has 1 atom stereocenters. The Hall–Kier alpha value is -1.77. The largest absolute Gasteiger partial charge is 0.481 e. The van der Waals surface area contributed by atoms with Crippen LogP contribution < -0.4 is 0 Å². The smallest absolute Gasteiger partial charge is 0.305 e. The Morgan fingerprint density at radius 3 is 2.43 bits per heavy atom. The second kappa shape index (κ2) is 8.76. The highest BCUT2D eigenvalue weighted by atomic mass is 35.5. The number of nitriles is 1. The van der Waals surface area contributed by atoms with E-state index in [1.54, 1.807) is 25.1 Å². The number of aliphatic carboxylic acids is 1. The van der Waals surface area contributed by atoms with Crippen molar-refractivity contribution >= 4 is 35.1 Å². The summed E-state index contributed by atoms with van der Waals surface area (Å²) in [5, 5.41) is 19.2. The number of hydrogen-bond donors (Lipinski definition) is 1. The van der Waals surface area contributed by atoms with Crippen molar-refractivity contribution in [2.75, 3.05) is 6.61 Å². The third-order valence-electron chi connectivity index (χ3n) is 3.51. The molecule has 1 aromatic carbocycles. The SMILES string of the molecule is CCOC(=O)CCC(C#N)(CCC(=O)O)c1ccc(Cl)c(Cl)c1. The lowest BCUT2D eigenvalue weighted by molar-refractivity contribution is -0.143. The van der Waals surface area contributed by atoms with Gasteiger partial charge in [-0.25, -0.2) is 0 Å². The van der Waals surface area contributed by atoms with Gasteiger partial charge in [0.1, 0.15) is 0 Å². The van der Waals surface area contributed by atoms with Gasteiger partial charge in [-0.1, -0.05) is 29.3 Å². The molecule has 0 saturated heterocycles. The van der Waals surface area contributed by atoms with Crippen LogP contribution in [0.3, 0.4) is 0 Å². The second-order valence-electron chi connectivity index (χ2n) is 5.02. The zero-order valence-electron chi connectivity index (χ0n) is 12.6. The van der Waals surface area contributed by atoms with E-state index in [2.05, 4.69) is 6.07 Å². The maximum Gasteiger partial charge on any atom is 0.305 e. The van der Waals surface area contributed by atoms with Crippen molar-refractivity contribution < 1.29 is 19.4 Å². The molecule has 7 heteroatoms. The fourth-order valence-electron chi connectivity index (χ4n) is 2.25. The molecule has 1 rings (SSSR count). The van der Waals surface area contributed by atoms with Crippen LogP contribution in [0.25, 0.3) is 0 Å². The van der Waals surface area contributed by atoms with Gasteiger partial charge < -0.3 is 9.84 Å². The van der Waals surface area contributed by atoms with Crippen LogP contribution in [0.5, 0.6) is 0 Å². The van der Waals surface area contributed by atoms with E-state index in [9.17, 15) is 14.9 Å². The lowest BCUT2D eigenvalue weighted by atomic mass is 9.74. The first-order valence-corrected chi connectivity index (χ1v) is 7.84. The number of nitrogens with zero attached hydrogens (tertiary/aromatic N) is 1. The number of carbonyl (C=O) groups is 2. The van der Waals surface area contributed by atoms with Crippen molar-refractivity contribution in [3.05, 3.63) is 33.8 Å². The summed E-state index contributed by atoms with van der Waals surface area (Å²) in [6.07, 6.45) is 0.0294. The monoisotopic (exact) mass is 357 g/mol. The highest BCUT2D eigenvalue weighted by Crippen LogP contribution is 2.37. The first kappa shape index (κ1) is 19.3. The van der Waals surface area contributed by atoms with Crippen LogP contribution in [-0.2, 0) is 19.7 Å². The minimum absolute atomic E-state index is 0.0151. The average Bonchev–Trinajstić information content (AvgIpc) is 2.51. The van der Waals surface area contributed by atoms with Gasteiger partial charge in [-0.05, 0) is 37.5 Å². The maximum absolute atomic E-state index is 11.6. The summed E-state index contributed by atoms with van der Waals surface area (Å²) < 4.78 is 4.87. The van der Waals surface area contributed by atoms with Gasteiger partial charge in [0.15, 0.2) is 0 Å². The zero-order valence-corrected chi connectivity index (χ0v) is 14.2. The van der Waals surface area contributed by atoms with E-state index < -0.39 is 17.4 Å². The molecule has 0 aromatic heterocycles. The Labute approximate surface area is 144 Å². The van der Waals surface area contributed by atoms with Crippen molar-refractivity contribution in [1.82, 2.24) is 0 Å². The van der Waals surface area contributed by atoms with E-state index in [1.807, 2.05) is 0 Å². The average molecular weight is 358 g/mol. The van der Waals surface area contributed by atoms with Crippen LogP contribution in [0.1, 0.15) is 38.2 Å². The van der Waals surface area contributed by atoms with Crippen LogP contribution in [0.15, 0.2) is 18.2 Å². The number of carbonyl (C=O) groups excluding carboxylic acids is 1. The topological polar surface area (TPSA) is 87.4 Å². The molecule has 0 heterocycles. The van der Waals surface area contributed by atoms with Gasteiger partial charge >= 0.3 is 11.9 Å². The van der Waals surface area contributed by atoms with Gasteiger partial charge in [-0.2, -0.15) is 5.26 Å². The number of carboxylic acid groups (broad SMARTS) is 1. The van der Waals surface area contributed by atoms with Gasteiger partial charge in [0.25, 0.3) is 0 Å². The molecule has 0 aliphatic heterocycles. The standard InChI is InChI=1S/C16H17Cl2NO4/c1-2-23-15(22)6-8-16(10-19,7-5-14(20)21)11-3-4-12(17)13(18)9-11/h3-4,9H,2,5-8H2,1H3,(H,20,21). The first-order valence-electron chi connectivity index (χ1n) is 7.09. The molecular formula is C16H17Cl2NO4. The molecule has 1 unspecified atom stereocenters. The van der Waals surface area contributed by atoms with Crippen molar-refractivity contribution in [2.45, 2.75) is 38.0 Å². The molecule has 1 aromatic rings. The molecule has 0 aliphatic carbocycles. The molecule has 124 valence electrons. The second-order valence-corrected chi connectivity index (χ2v) is 5.84. The third-order valence-corrected chi connectivity index (χ3v) is 4.25. The van der Waals surface area contributed by atoms with Crippen LogP contribution in [0.4, 0.5) is 0 Å². The summed E-state index contributed by atoms with van der Waals surface area (Å²) in [6, 6.07) is 6.88. The zero-order chi connectivity index (χ0) is 17.5. The van der Waals surface area contributed by atoms with E-state index >= 15 is 0 Å². The lowest BCUT2D eigenvalue weighted by Gasteiger charge is -2.26. The van der Waals surface area contributed by atoms with E-state index in [0.717, 1.165) is 0 Å². The van der Waals surface area contributed by atoms with Gasteiger partial charge in [-0.15, -0.1) is 0 Å². The van der Waals surface area contributed by atoms with Crippen molar-refractivity contribution in [3.8, 4) is 6.07 Å². The fourth-order valence-corrected chi connectivity index (χ4v) is 2.55. The number of carboxylic acids is 1. The summed E-state index contributed by atoms with van der Waals surface area (Å²) in [7, 11) is 0. The Kier molecular flexibility index (Phi) is 7.34. The van der Waals surface area contributed by atoms with Crippen molar-refractivity contribution in [1.29, 1.82) is 5.26 Å². The molecule has 0 aliphatic rings. The van der Waals surface area contributed by atoms with Crippen molar-refractivity contribution in [2.24, 2.45) is 0 Å². The first-order chi connectivity index (χ1) is 10.8. The van der Waals surface area contributed by atoms with Crippen LogP contribution in [-0.4, -0.2) is 23.7 Å². The quantitative estimate of drug-likeness (QED) is 0.711. The molecule has 0 saturated carbocycles. The summed E-state index contributed by atoms with van der Waals surface area (Å²) in [4.78, 5) is 22.5. The van der Waals surface area contributed by atoms with Gasteiger partial charge in [0, 0.05) is 12.8 Å². The predicted molar refractivity (Wildman–Crippen MR) is 86.5 cm³/mol.